The SMILES string of the molecule is CC/N=[C]\COC(C)C. The zero-order valence-corrected chi connectivity index (χ0v) is 6.35. The highest BCUT2D eigenvalue weighted by Crippen LogP contribution is 1.83. The van der Waals surface area contributed by atoms with Gasteiger partial charge in [-0.2, -0.15) is 0 Å². The van der Waals surface area contributed by atoms with Crippen molar-refractivity contribution in [1.29, 1.82) is 0 Å². The van der Waals surface area contributed by atoms with Crippen molar-refractivity contribution in [2.24, 2.45) is 4.99 Å². The smallest absolute Gasteiger partial charge is 0.0906 e. The Hall–Kier alpha value is -0.370. The first-order chi connectivity index (χ1) is 4.27. The number of hydrogen-bond donors (Lipinski definition) is 0. The maximum atomic E-state index is 5.14. The quantitative estimate of drug-likeness (QED) is 0.524. The summed E-state index contributed by atoms with van der Waals surface area (Å²) in [6, 6.07) is 0. The zero-order chi connectivity index (χ0) is 7.11. The summed E-state index contributed by atoms with van der Waals surface area (Å²) in [5.74, 6) is 0. The normalized spacial score (nSPS) is 11.6. The predicted molar refractivity (Wildman–Crippen MR) is 39.1 cm³/mol. The molecule has 0 amide bonds. The fraction of sp³-hybridized carbons (Fsp3) is 0.857. The molecule has 2 nitrogen and oxygen atoms in total. The summed E-state index contributed by atoms with van der Waals surface area (Å²) >= 11 is 0. The molecule has 0 aromatic heterocycles. The van der Waals surface area contributed by atoms with Crippen LogP contribution in [0.2, 0.25) is 0 Å². The number of rotatable bonds is 4. The Morgan fingerprint density at radius 3 is 2.67 bits per heavy atom. The lowest BCUT2D eigenvalue weighted by atomic mass is 10.5. The number of nitrogens with zero attached hydrogens (tertiary/aromatic N) is 1. The molecule has 0 saturated heterocycles. The molecule has 0 aliphatic rings. The van der Waals surface area contributed by atoms with E-state index in [2.05, 4.69) is 11.2 Å². The van der Waals surface area contributed by atoms with Gasteiger partial charge in [-0.05, 0) is 20.8 Å². The lowest BCUT2D eigenvalue weighted by Crippen LogP contribution is -2.04. The Morgan fingerprint density at radius 2 is 2.22 bits per heavy atom. The standard InChI is InChI=1S/C7H14NO/c1-4-8-5-6-9-7(2)3/h7H,4,6H2,1-3H3. The van der Waals surface area contributed by atoms with Gasteiger partial charge in [-0.25, -0.2) is 0 Å². The van der Waals surface area contributed by atoms with Crippen molar-refractivity contribution in [3.63, 3.8) is 0 Å². The highest BCUT2D eigenvalue weighted by molar-refractivity contribution is 5.58. The van der Waals surface area contributed by atoms with Gasteiger partial charge in [0.15, 0.2) is 0 Å². The number of hydrogen-bond acceptors (Lipinski definition) is 2. The van der Waals surface area contributed by atoms with Crippen LogP contribution in [-0.4, -0.2) is 25.5 Å². The second kappa shape index (κ2) is 5.76. The summed E-state index contributed by atoms with van der Waals surface area (Å²) in [5, 5.41) is 0. The predicted octanol–water partition coefficient (Wildman–Crippen LogP) is 1.38. The van der Waals surface area contributed by atoms with Crippen LogP contribution in [0.4, 0.5) is 0 Å². The lowest BCUT2D eigenvalue weighted by Gasteiger charge is -2.01. The van der Waals surface area contributed by atoms with E-state index in [1.54, 1.807) is 0 Å². The molecule has 9 heavy (non-hydrogen) atoms. The van der Waals surface area contributed by atoms with Crippen molar-refractivity contribution in [2.75, 3.05) is 13.2 Å². The largest absolute Gasteiger partial charge is 0.372 e. The van der Waals surface area contributed by atoms with Crippen LogP contribution in [0.5, 0.6) is 0 Å². The van der Waals surface area contributed by atoms with Gasteiger partial charge in [0.05, 0.1) is 18.9 Å². The van der Waals surface area contributed by atoms with Crippen LogP contribution in [0.3, 0.4) is 0 Å². The summed E-state index contributed by atoms with van der Waals surface area (Å²) < 4.78 is 5.14. The van der Waals surface area contributed by atoms with Crippen LogP contribution < -0.4 is 0 Å². The number of ether oxygens (including phenoxy) is 1. The van der Waals surface area contributed by atoms with E-state index in [1.807, 2.05) is 20.8 Å². The van der Waals surface area contributed by atoms with Crippen LogP contribution in [0.25, 0.3) is 0 Å². The second-order valence-electron chi connectivity index (χ2n) is 1.99. The summed E-state index contributed by atoms with van der Waals surface area (Å²) in [7, 11) is 0. The first-order valence-electron chi connectivity index (χ1n) is 3.28. The highest BCUT2D eigenvalue weighted by atomic mass is 16.5. The molecule has 0 aliphatic carbocycles. The molecule has 0 unspecified atom stereocenters. The van der Waals surface area contributed by atoms with Crippen molar-refractivity contribution in [2.45, 2.75) is 26.9 Å². The Kier molecular flexibility index (Phi) is 5.52. The van der Waals surface area contributed by atoms with Gasteiger partial charge in [-0.3, -0.25) is 4.99 Å². The minimum Gasteiger partial charge on any atom is -0.372 e. The van der Waals surface area contributed by atoms with Crippen molar-refractivity contribution in [3.8, 4) is 0 Å². The summed E-state index contributed by atoms with van der Waals surface area (Å²) in [6.45, 7) is 7.27. The molecular formula is C7H14NO. The van der Waals surface area contributed by atoms with Crippen molar-refractivity contribution >= 4 is 6.21 Å². The fourth-order valence-electron chi connectivity index (χ4n) is 0.361. The van der Waals surface area contributed by atoms with Crippen LogP contribution in [-0.2, 0) is 4.74 Å². The molecule has 1 radical (unpaired) electrons. The van der Waals surface area contributed by atoms with E-state index in [9.17, 15) is 0 Å². The molecule has 0 fully saturated rings. The minimum atomic E-state index is 0.282. The van der Waals surface area contributed by atoms with E-state index in [0.717, 1.165) is 6.54 Å². The van der Waals surface area contributed by atoms with Crippen LogP contribution in [0.1, 0.15) is 20.8 Å². The van der Waals surface area contributed by atoms with Gasteiger partial charge in [0, 0.05) is 6.54 Å². The maximum absolute atomic E-state index is 5.14. The lowest BCUT2D eigenvalue weighted by molar-refractivity contribution is 0.113. The molecule has 0 saturated carbocycles. The average Bonchev–Trinajstić information content (AvgIpc) is 1.80. The molecule has 0 heterocycles. The van der Waals surface area contributed by atoms with Gasteiger partial charge in [-0.15, -0.1) is 0 Å². The molecule has 0 aliphatic heterocycles. The summed E-state index contributed by atoms with van der Waals surface area (Å²) in [6.07, 6.45) is 3.05. The van der Waals surface area contributed by atoms with Crippen LogP contribution in [0, 0.1) is 0 Å². The molecule has 0 N–H and O–H groups in total. The highest BCUT2D eigenvalue weighted by Gasteiger charge is 1.87. The molecule has 2 heteroatoms. The Morgan fingerprint density at radius 1 is 1.56 bits per heavy atom. The molecule has 0 atom stereocenters. The first-order valence-corrected chi connectivity index (χ1v) is 3.28. The van der Waals surface area contributed by atoms with Gasteiger partial charge in [0.1, 0.15) is 0 Å². The van der Waals surface area contributed by atoms with Crippen LogP contribution >= 0.6 is 0 Å². The van der Waals surface area contributed by atoms with Crippen molar-refractivity contribution in [1.82, 2.24) is 0 Å². The Bertz CT molecular complexity index is 79.0. The van der Waals surface area contributed by atoms with E-state index in [1.165, 1.54) is 0 Å². The Labute approximate surface area is 56.9 Å². The molecule has 0 aromatic carbocycles. The average molecular weight is 128 g/mol. The van der Waals surface area contributed by atoms with Crippen molar-refractivity contribution < 1.29 is 4.74 Å². The molecule has 0 spiro atoms. The van der Waals surface area contributed by atoms with E-state index >= 15 is 0 Å². The van der Waals surface area contributed by atoms with Gasteiger partial charge in [0.2, 0.25) is 0 Å². The monoisotopic (exact) mass is 128 g/mol. The molecule has 0 rings (SSSR count). The Balaban J connectivity index is 2.99. The first kappa shape index (κ1) is 8.63. The zero-order valence-electron chi connectivity index (χ0n) is 6.35. The molecule has 0 aromatic rings. The van der Waals surface area contributed by atoms with E-state index in [4.69, 9.17) is 4.74 Å². The maximum Gasteiger partial charge on any atom is 0.0906 e. The molecular weight excluding hydrogens is 114 g/mol. The summed E-state index contributed by atoms with van der Waals surface area (Å²) in [5.41, 5.74) is 0. The molecule has 53 valence electrons. The van der Waals surface area contributed by atoms with Gasteiger partial charge < -0.3 is 4.74 Å². The van der Waals surface area contributed by atoms with Gasteiger partial charge in [-0.1, -0.05) is 0 Å². The van der Waals surface area contributed by atoms with E-state index < -0.39 is 0 Å². The van der Waals surface area contributed by atoms with Gasteiger partial charge >= 0.3 is 0 Å². The second-order valence-corrected chi connectivity index (χ2v) is 1.99. The van der Waals surface area contributed by atoms with E-state index in [0.29, 0.717) is 6.61 Å². The van der Waals surface area contributed by atoms with E-state index in [-0.39, 0.29) is 6.10 Å². The molecule has 0 bridgehead atoms. The number of aliphatic imine (C=N–C) groups is 1. The topological polar surface area (TPSA) is 21.6 Å². The van der Waals surface area contributed by atoms with Gasteiger partial charge in [0.25, 0.3) is 0 Å². The third kappa shape index (κ3) is 7.63. The third-order valence-corrected chi connectivity index (χ3v) is 0.751. The minimum absolute atomic E-state index is 0.282. The van der Waals surface area contributed by atoms with Crippen molar-refractivity contribution in [3.05, 3.63) is 0 Å². The fourth-order valence-corrected chi connectivity index (χ4v) is 0.361. The summed E-state index contributed by atoms with van der Waals surface area (Å²) in [4.78, 5) is 3.87. The third-order valence-electron chi connectivity index (χ3n) is 0.751. The van der Waals surface area contributed by atoms with Crippen LogP contribution in [0.15, 0.2) is 4.99 Å².